The van der Waals surface area contributed by atoms with Crippen molar-refractivity contribution in [3.63, 3.8) is 0 Å². The zero-order chi connectivity index (χ0) is 16.4. The molecule has 1 saturated heterocycles. The van der Waals surface area contributed by atoms with Crippen LogP contribution >= 0.6 is 0 Å². The summed E-state index contributed by atoms with van der Waals surface area (Å²) in [6.07, 6.45) is 4.66. The number of unbranched alkanes of at least 4 members (excludes halogenated alkanes) is 2. The summed E-state index contributed by atoms with van der Waals surface area (Å²) in [6.45, 7) is 2.70. The normalized spacial score (nSPS) is 24.7. The van der Waals surface area contributed by atoms with E-state index >= 15 is 0 Å². The highest BCUT2D eigenvalue weighted by molar-refractivity contribution is 7.91. The zero-order valence-electron chi connectivity index (χ0n) is 13.4. The first-order chi connectivity index (χ1) is 10.3. The van der Waals surface area contributed by atoms with Crippen LogP contribution in [0, 0.1) is 5.41 Å². The molecule has 1 saturated carbocycles. The third-order valence-electron chi connectivity index (χ3n) is 4.74. The van der Waals surface area contributed by atoms with Crippen LogP contribution in [0.2, 0.25) is 0 Å². The average molecular weight is 330 g/mol. The van der Waals surface area contributed by atoms with Gasteiger partial charge in [0.1, 0.15) is 5.41 Å². The fraction of sp³-hybridized carbons (Fsp3) is 0.867. The van der Waals surface area contributed by atoms with Gasteiger partial charge in [0.05, 0.1) is 11.5 Å². The van der Waals surface area contributed by atoms with Crippen LogP contribution < -0.4 is 5.32 Å². The second-order valence-electron chi connectivity index (χ2n) is 6.52. The van der Waals surface area contributed by atoms with Gasteiger partial charge in [-0.3, -0.25) is 9.59 Å². The lowest BCUT2D eigenvalue weighted by atomic mass is 10.0. The van der Waals surface area contributed by atoms with E-state index in [-0.39, 0.29) is 29.4 Å². The van der Waals surface area contributed by atoms with Gasteiger partial charge in [-0.15, -0.1) is 0 Å². The summed E-state index contributed by atoms with van der Waals surface area (Å²) in [5, 5.41) is 2.86. The first-order valence-corrected chi connectivity index (χ1v) is 9.90. The Labute approximate surface area is 132 Å². The van der Waals surface area contributed by atoms with E-state index in [2.05, 4.69) is 12.2 Å². The van der Waals surface area contributed by atoms with E-state index in [1.165, 1.54) is 4.90 Å². The lowest BCUT2D eigenvalue weighted by Crippen LogP contribution is -2.48. The largest absolute Gasteiger partial charge is 0.355 e. The lowest BCUT2D eigenvalue weighted by Gasteiger charge is -2.27. The van der Waals surface area contributed by atoms with Crippen molar-refractivity contribution in [1.29, 1.82) is 0 Å². The van der Waals surface area contributed by atoms with E-state index in [0.29, 0.717) is 25.8 Å². The molecule has 126 valence electrons. The van der Waals surface area contributed by atoms with Gasteiger partial charge in [0, 0.05) is 19.6 Å². The fourth-order valence-corrected chi connectivity index (χ4v) is 4.77. The summed E-state index contributed by atoms with van der Waals surface area (Å²) >= 11 is 0. The van der Waals surface area contributed by atoms with E-state index in [4.69, 9.17) is 0 Å². The molecule has 0 aromatic carbocycles. The van der Waals surface area contributed by atoms with Crippen molar-refractivity contribution in [2.24, 2.45) is 5.41 Å². The Kier molecular flexibility index (Phi) is 5.14. The minimum Gasteiger partial charge on any atom is -0.355 e. The highest BCUT2D eigenvalue weighted by Crippen LogP contribution is 2.47. The average Bonchev–Trinajstić information content (AvgIpc) is 3.21. The molecule has 0 aromatic heterocycles. The van der Waals surface area contributed by atoms with Crippen LogP contribution in [0.1, 0.15) is 45.4 Å². The number of nitrogens with zero attached hydrogens (tertiary/aromatic N) is 1. The molecule has 6 nitrogen and oxygen atoms in total. The molecule has 2 amide bonds. The number of amides is 2. The molecular formula is C15H26N2O4S. The van der Waals surface area contributed by atoms with Crippen molar-refractivity contribution >= 4 is 21.7 Å². The number of sulfone groups is 1. The summed E-state index contributed by atoms with van der Waals surface area (Å²) in [5.41, 5.74) is -0.937. The van der Waals surface area contributed by atoms with Crippen LogP contribution in [-0.4, -0.2) is 56.3 Å². The van der Waals surface area contributed by atoms with Crippen molar-refractivity contribution in [1.82, 2.24) is 10.2 Å². The molecule has 0 bridgehead atoms. The van der Waals surface area contributed by atoms with Crippen LogP contribution in [-0.2, 0) is 19.4 Å². The van der Waals surface area contributed by atoms with Gasteiger partial charge in [-0.2, -0.15) is 0 Å². The van der Waals surface area contributed by atoms with Gasteiger partial charge < -0.3 is 10.2 Å². The van der Waals surface area contributed by atoms with Gasteiger partial charge in [0.25, 0.3) is 0 Å². The quantitative estimate of drug-likeness (QED) is 0.551. The Bertz CT molecular complexity index is 540. The number of carbonyl (C=O) groups excluding carboxylic acids is 2. The number of nitrogens with one attached hydrogen (secondary N) is 1. The molecule has 0 spiro atoms. The molecule has 1 atom stereocenters. The van der Waals surface area contributed by atoms with E-state index in [9.17, 15) is 18.0 Å². The van der Waals surface area contributed by atoms with E-state index in [1.807, 2.05) is 0 Å². The van der Waals surface area contributed by atoms with Gasteiger partial charge in [0.2, 0.25) is 11.8 Å². The Morgan fingerprint density at radius 1 is 1.27 bits per heavy atom. The summed E-state index contributed by atoms with van der Waals surface area (Å²) in [4.78, 5) is 26.4. The lowest BCUT2D eigenvalue weighted by molar-refractivity contribution is -0.144. The minimum absolute atomic E-state index is 0.0173. The third-order valence-corrected chi connectivity index (χ3v) is 6.49. The molecule has 1 heterocycles. The topological polar surface area (TPSA) is 83.6 Å². The number of rotatable bonds is 7. The molecule has 0 aromatic rings. The maximum absolute atomic E-state index is 12.6. The van der Waals surface area contributed by atoms with Crippen molar-refractivity contribution < 1.29 is 18.0 Å². The molecule has 1 aliphatic heterocycles. The summed E-state index contributed by atoms with van der Waals surface area (Å²) < 4.78 is 23.1. The van der Waals surface area contributed by atoms with Crippen molar-refractivity contribution in [2.45, 2.75) is 51.5 Å². The predicted octanol–water partition coefficient (Wildman–Crippen LogP) is 0.719. The maximum atomic E-state index is 12.6. The number of carbonyl (C=O) groups is 2. The molecule has 2 fully saturated rings. The van der Waals surface area contributed by atoms with Crippen molar-refractivity contribution in [3.8, 4) is 0 Å². The van der Waals surface area contributed by atoms with Crippen LogP contribution in [0.3, 0.4) is 0 Å². The summed E-state index contributed by atoms with van der Waals surface area (Å²) in [5.74, 6) is -0.265. The second kappa shape index (κ2) is 6.56. The first kappa shape index (κ1) is 17.2. The minimum atomic E-state index is -3.03. The molecule has 1 aliphatic carbocycles. The van der Waals surface area contributed by atoms with Gasteiger partial charge in [-0.05, 0) is 25.7 Å². The van der Waals surface area contributed by atoms with E-state index in [1.54, 1.807) is 7.05 Å². The highest BCUT2D eigenvalue weighted by atomic mass is 32.2. The molecule has 7 heteroatoms. The van der Waals surface area contributed by atoms with Gasteiger partial charge in [-0.1, -0.05) is 19.8 Å². The Hall–Kier alpha value is -1.11. The molecule has 22 heavy (non-hydrogen) atoms. The Balaban J connectivity index is 1.92. The first-order valence-electron chi connectivity index (χ1n) is 8.08. The van der Waals surface area contributed by atoms with Gasteiger partial charge in [0.15, 0.2) is 9.84 Å². The molecule has 1 unspecified atom stereocenters. The maximum Gasteiger partial charge on any atom is 0.238 e. The predicted molar refractivity (Wildman–Crippen MR) is 84.0 cm³/mol. The van der Waals surface area contributed by atoms with Gasteiger partial charge >= 0.3 is 0 Å². The van der Waals surface area contributed by atoms with Crippen molar-refractivity contribution in [2.75, 3.05) is 25.1 Å². The van der Waals surface area contributed by atoms with Crippen LogP contribution in [0.25, 0.3) is 0 Å². The van der Waals surface area contributed by atoms with Crippen molar-refractivity contribution in [3.05, 3.63) is 0 Å². The molecule has 1 N–H and O–H groups in total. The standard InChI is InChI=1S/C15H26N2O4S/c1-3-4-5-9-16-13(18)15(7-8-15)14(19)17(2)12-6-10-22(20,21)11-12/h12H,3-11H2,1-2H3,(H,16,18). The van der Waals surface area contributed by atoms with Crippen LogP contribution in [0.4, 0.5) is 0 Å². The SMILES string of the molecule is CCCCCNC(=O)C1(C(=O)N(C)C2CCS(=O)(=O)C2)CC1. The van der Waals surface area contributed by atoms with E-state index in [0.717, 1.165) is 19.3 Å². The Morgan fingerprint density at radius 2 is 1.95 bits per heavy atom. The second-order valence-corrected chi connectivity index (χ2v) is 8.75. The van der Waals surface area contributed by atoms with Crippen LogP contribution in [0.15, 0.2) is 0 Å². The van der Waals surface area contributed by atoms with Crippen LogP contribution in [0.5, 0.6) is 0 Å². The fourth-order valence-electron chi connectivity index (χ4n) is 2.99. The smallest absolute Gasteiger partial charge is 0.238 e. The Morgan fingerprint density at radius 3 is 2.45 bits per heavy atom. The summed E-state index contributed by atoms with van der Waals surface area (Å²) in [6, 6.07) is -0.289. The van der Waals surface area contributed by atoms with Gasteiger partial charge in [-0.25, -0.2) is 8.42 Å². The number of hydrogen-bond donors (Lipinski definition) is 1. The third kappa shape index (κ3) is 3.62. The summed E-state index contributed by atoms with van der Waals surface area (Å²) in [7, 11) is -1.41. The molecule has 2 rings (SSSR count). The highest BCUT2D eigenvalue weighted by Gasteiger charge is 2.58. The molecular weight excluding hydrogens is 304 g/mol. The van der Waals surface area contributed by atoms with E-state index < -0.39 is 15.3 Å². The zero-order valence-corrected chi connectivity index (χ0v) is 14.2. The molecule has 2 aliphatic rings. The molecule has 0 radical (unpaired) electrons. The monoisotopic (exact) mass is 330 g/mol. The number of hydrogen-bond acceptors (Lipinski definition) is 4.